The first-order chi connectivity index (χ1) is 15.0. The van der Waals surface area contributed by atoms with E-state index in [1.807, 2.05) is 25.1 Å². The lowest BCUT2D eigenvalue weighted by atomic mass is 10.1. The Bertz CT molecular complexity index is 1040. The van der Waals surface area contributed by atoms with E-state index in [0.717, 1.165) is 37.3 Å². The minimum atomic E-state index is -0.293. The highest BCUT2D eigenvalue weighted by Gasteiger charge is 2.27. The predicted octanol–water partition coefficient (Wildman–Crippen LogP) is 3.15. The fourth-order valence-corrected chi connectivity index (χ4v) is 4.64. The van der Waals surface area contributed by atoms with Crippen molar-refractivity contribution in [3.05, 3.63) is 65.2 Å². The van der Waals surface area contributed by atoms with Gasteiger partial charge in [0.05, 0.1) is 10.9 Å². The first-order valence-corrected chi connectivity index (χ1v) is 11.5. The number of thioether (sulfide) groups is 1. The standard InChI is InChI=1S/C23H28N6OS/c1-16-8-7-11-21(17(16)2)29-23(25-26-27-29)31-18(3)22(30)24-20-12-13-28(15-20)14-19-9-5-4-6-10-19/h4-11,18,20H,12-15H2,1-3H3,(H,24,30). The molecule has 2 unspecified atom stereocenters. The summed E-state index contributed by atoms with van der Waals surface area (Å²) in [6, 6.07) is 16.7. The monoisotopic (exact) mass is 436 g/mol. The first-order valence-electron chi connectivity index (χ1n) is 10.6. The Hall–Kier alpha value is -2.71. The lowest BCUT2D eigenvalue weighted by Gasteiger charge is -2.18. The van der Waals surface area contributed by atoms with E-state index in [9.17, 15) is 4.79 Å². The molecule has 1 aliphatic rings. The molecular formula is C23H28N6OS. The zero-order valence-corrected chi connectivity index (χ0v) is 19.0. The Labute approximate surface area is 187 Å². The first kappa shape index (κ1) is 21.5. The van der Waals surface area contributed by atoms with Crippen LogP contribution in [0.2, 0.25) is 0 Å². The molecule has 7 nitrogen and oxygen atoms in total. The summed E-state index contributed by atoms with van der Waals surface area (Å²) in [5.41, 5.74) is 4.54. The average Bonchev–Trinajstić information content (AvgIpc) is 3.40. The molecule has 0 radical (unpaired) electrons. The third kappa shape index (κ3) is 5.14. The maximum Gasteiger partial charge on any atom is 0.233 e. The van der Waals surface area contributed by atoms with E-state index >= 15 is 0 Å². The zero-order chi connectivity index (χ0) is 21.8. The maximum absolute atomic E-state index is 12.8. The molecule has 1 N–H and O–H groups in total. The van der Waals surface area contributed by atoms with Gasteiger partial charge < -0.3 is 5.32 Å². The molecule has 2 heterocycles. The highest BCUT2D eigenvalue weighted by atomic mass is 32.2. The number of benzene rings is 2. The van der Waals surface area contributed by atoms with Crippen LogP contribution in [0.4, 0.5) is 0 Å². The molecule has 162 valence electrons. The van der Waals surface area contributed by atoms with Crippen LogP contribution in [-0.4, -0.2) is 55.4 Å². The molecule has 1 aliphatic heterocycles. The van der Waals surface area contributed by atoms with Gasteiger partial charge in [-0.3, -0.25) is 9.69 Å². The fourth-order valence-electron chi connectivity index (χ4n) is 3.83. The summed E-state index contributed by atoms with van der Waals surface area (Å²) in [6.45, 7) is 8.80. The van der Waals surface area contributed by atoms with Crippen molar-refractivity contribution in [3.63, 3.8) is 0 Å². The van der Waals surface area contributed by atoms with E-state index < -0.39 is 0 Å². The van der Waals surface area contributed by atoms with E-state index in [2.05, 4.69) is 69.9 Å². The van der Waals surface area contributed by atoms with Gasteiger partial charge in [0.2, 0.25) is 11.1 Å². The number of tetrazole rings is 1. The number of amides is 1. The molecule has 0 spiro atoms. The van der Waals surface area contributed by atoms with Crippen LogP contribution < -0.4 is 5.32 Å². The number of likely N-dealkylation sites (tertiary alicyclic amines) is 1. The minimum Gasteiger partial charge on any atom is -0.351 e. The van der Waals surface area contributed by atoms with Gasteiger partial charge in [-0.25, -0.2) is 0 Å². The summed E-state index contributed by atoms with van der Waals surface area (Å²) in [6.07, 6.45) is 0.968. The van der Waals surface area contributed by atoms with Crippen LogP contribution in [0.25, 0.3) is 5.69 Å². The third-order valence-electron chi connectivity index (χ3n) is 5.76. The quantitative estimate of drug-likeness (QED) is 0.574. The second-order valence-electron chi connectivity index (χ2n) is 8.07. The smallest absolute Gasteiger partial charge is 0.233 e. The lowest BCUT2D eigenvalue weighted by Crippen LogP contribution is -2.40. The van der Waals surface area contributed by atoms with Gasteiger partial charge in [-0.1, -0.05) is 54.2 Å². The zero-order valence-electron chi connectivity index (χ0n) is 18.2. The number of nitrogens with zero attached hydrogens (tertiary/aromatic N) is 5. The molecule has 2 aromatic carbocycles. The minimum absolute atomic E-state index is 0.0204. The highest BCUT2D eigenvalue weighted by Crippen LogP contribution is 2.25. The molecule has 0 aliphatic carbocycles. The van der Waals surface area contributed by atoms with Crippen molar-refractivity contribution in [2.75, 3.05) is 13.1 Å². The topological polar surface area (TPSA) is 75.9 Å². The summed E-state index contributed by atoms with van der Waals surface area (Å²) in [7, 11) is 0. The third-order valence-corrected chi connectivity index (χ3v) is 6.80. The van der Waals surface area contributed by atoms with Crippen LogP contribution in [0.15, 0.2) is 53.7 Å². The molecule has 1 saturated heterocycles. The summed E-state index contributed by atoms with van der Waals surface area (Å²) in [5, 5.41) is 15.7. The average molecular weight is 437 g/mol. The Morgan fingerprint density at radius 2 is 2.00 bits per heavy atom. The molecule has 2 atom stereocenters. The summed E-state index contributed by atoms with van der Waals surface area (Å²) in [5.74, 6) is 0.0204. The van der Waals surface area contributed by atoms with Crippen molar-refractivity contribution < 1.29 is 4.79 Å². The van der Waals surface area contributed by atoms with Crippen LogP contribution in [0.5, 0.6) is 0 Å². The molecule has 1 fully saturated rings. The highest BCUT2D eigenvalue weighted by molar-refractivity contribution is 8.00. The van der Waals surface area contributed by atoms with E-state index in [0.29, 0.717) is 5.16 Å². The fraction of sp³-hybridized carbons (Fsp3) is 0.391. The summed E-state index contributed by atoms with van der Waals surface area (Å²) in [4.78, 5) is 15.2. The number of carbonyl (C=O) groups excluding carboxylic acids is 1. The van der Waals surface area contributed by atoms with Crippen molar-refractivity contribution in [1.29, 1.82) is 0 Å². The van der Waals surface area contributed by atoms with E-state index in [1.54, 1.807) is 4.68 Å². The van der Waals surface area contributed by atoms with Gasteiger partial charge in [0.1, 0.15) is 0 Å². The lowest BCUT2D eigenvalue weighted by molar-refractivity contribution is -0.120. The normalized spacial score (nSPS) is 17.6. The van der Waals surface area contributed by atoms with Crippen molar-refractivity contribution in [2.24, 2.45) is 0 Å². The number of aryl methyl sites for hydroxylation is 1. The molecule has 1 amide bonds. The van der Waals surface area contributed by atoms with Crippen LogP contribution in [-0.2, 0) is 11.3 Å². The summed E-state index contributed by atoms with van der Waals surface area (Å²) >= 11 is 1.38. The molecule has 0 saturated carbocycles. The molecule has 8 heteroatoms. The Morgan fingerprint density at radius 3 is 2.81 bits per heavy atom. The Morgan fingerprint density at radius 1 is 1.19 bits per heavy atom. The summed E-state index contributed by atoms with van der Waals surface area (Å²) < 4.78 is 1.72. The van der Waals surface area contributed by atoms with Gasteiger partial charge in [-0.15, -0.1) is 5.10 Å². The van der Waals surface area contributed by atoms with Gasteiger partial charge in [0.25, 0.3) is 0 Å². The largest absolute Gasteiger partial charge is 0.351 e. The number of hydrogen-bond acceptors (Lipinski definition) is 6. The molecule has 1 aromatic heterocycles. The van der Waals surface area contributed by atoms with Crippen molar-refractivity contribution in [2.45, 2.75) is 50.2 Å². The van der Waals surface area contributed by atoms with Crippen LogP contribution in [0.1, 0.15) is 30.0 Å². The van der Waals surface area contributed by atoms with Crippen LogP contribution >= 0.6 is 11.8 Å². The number of aromatic nitrogens is 4. The molecule has 4 rings (SSSR count). The van der Waals surface area contributed by atoms with Gasteiger partial charge in [-0.05, 0) is 60.4 Å². The predicted molar refractivity (Wildman–Crippen MR) is 122 cm³/mol. The number of nitrogens with one attached hydrogen (secondary N) is 1. The number of rotatable bonds is 7. The SMILES string of the molecule is Cc1cccc(-n2nnnc2SC(C)C(=O)NC2CCN(Cc3ccccc3)C2)c1C. The van der Waals surface area contributed by atoms with Gasteiger partial charge in [0.15, 0.2) is 0 Å². The van der Waals surface area contributed by atoms with E-state index in [1.165, 1.54) is 22.9 Å². The van der Waals surface area contributed by atoms with Crippen molar-refractivity contribution in [1.82, 2.24) is 30.4 Å². The number of hydrogen-bond donors (Lipinski definition) is 1. The molecule has 0 bridgehead atoms. The second-order valence-corrected chi connectivity index (χ2v) is 9.38. The Kier molecular flexibility index (Phi) is 6.67. The molecule has 3 aromatic rings. The van der Waals surface area contributed by atoms with Crippen LogP contribution in [0.3, 0.4) is 0 Å². The molecule has 31 heavy (non-hydrogen) atoms. The van der Waals surface area contributed by atoms with Gasteiger partial charge >= 0.3 is 0 Å². The van der Waals surface area contributed by atoms with E-state index in [4.69, 9.17) is 0 Å². The van der Waals surface area contributed by atoms with Crippen molar-refractivity contribution in [3.8, 4) is 5.69 Å². The second kappa shape index (κ2) is 9.62. The van der Waals surface area contributed by atoms with Gasteiger partial charge in [0, 0.05) is 25.7 Å². The number of carbonyl (C=O) groups is 1. The molecular weight excluding hydrogens is 408 g/mol. The van der Waals surface area contributed by atoms with Crippen LogP contribution in [0, 0.1) is 13.8 Å². The van der Waals surface area contributed by atoms with Crippen molar-refractivity contribution >= 4 is 17.7 Å². The van der Waals surface area contributed by atoms with Gasteiger partial charge in [-0.2, -0.15) is 4.68 Å². The van der Waals surface area contributed by atoms with E-state index in [-0.39, 0.29) is 17.2 Å². The Balaban J connectivity index is 1.34. The maximum atomic E-state index is 12.8.